The fraction of sp³-hybridized carbons (Fsp3) is 0.889. The Labute approximate surface area is 89.8 Å². The van der Waals surface area contributed by atoms with E-state index in [1.807, 2.05) is 0 Å². The minimum atomic E-state index is -4.55. The van der Waals surface area contributed by atoms with Gasteiger partial charge < -0.3 is 10.2 Å². The van der Waals surface area contributed by atoms with Gasteiger partial charge >= 0.3 is 12.3 Å². The fourth-order valence-electron chi connectivity index (χ4n) is 2.33. The van der Waals surface area contributed by atoms with Crippen molar-refractivity contribution < 1.29 is 22.4 Å². The molecule has 2 unspecified atom stereocenters. The third-order valence-electron chi connectivity index (χ3n) is 3.24. The molecule has 2 aliphatic rings. The number of rotatable bonds is 2. The predicted octanol–water partition coefficient (Wildman–Crippen LogP) is 0.565. The van der Waals surface area contributed by atoms with E-state index < -0.39 is 18.3 Å². The molecule has 2 heterocycles. The summed E-state index contributed by atoms with van der Waals surface area (Å²) in [4.78, 5) is 12.1. The van der Waals surface area contributed by atoms with Crippen LogP contribution in [0.3, 0.4) is 0 Å². The van der Waals surface area contributed by atoms with Crippen LogP contribution in [0.1, 0.15) is 0 Å². The molecule has 0 spiro atoms. The van der Waals surface area contributed by atoms with Crippen LogP contribution in [-0.4, -0.2) is 49.3 Å². The van der Waals surface area contributed by atoms with Gasteiger partial charge in [0, 0.05) is 26.2 Å². The number of amides is 1. The summed E-state index contributed by atoms with van der Waals surface area (Å²) in [6.07, 6.45) is -3.93. The molecule has 2 atom stereocenters. The van der Waals surface area contributed by atoms with Gasteiger partial charge in [0.1, 0.15) is 0 Å². The summed E-state index contributed by atoms with van der Waals surface area (Å²) in [5.41, 5.74) is 0. The van der Waals surface area contributed by atoms with Gasteiger partial charge in [-0.2, -0.15) is 8.78 Å². The predicted molar refractivity (Wildman–Crippen MR) is 47.4 cm³/mol. The Morgan fingerprint density at radius 3 is 2.19 bits per heavy atom. The SMILES string of the molecule is O=C(N1CC2CNCC2C1)C(F)(F)C(F)F. The van der Waals surface area contributed by atoms with Crippen LogP contribution in [-0.2, 0) is 4.79 Å². The molecule has 0 saturated carbocycles. The summed E-state index contributed by atoms with van der Waals surface area (Å²) in [6.45, 7) is 1.63. The van der Waals surface area contributed by atoms with E-state index in [0.29, 0.717) is 13.1 Å². The van der Waals surface area contributed by atoms with Gasteiger partial charge in [0.2, 0.25) is 0 Å². The largest absolute Gasteiger partial charge is 0.383 e. The highest BCUT2D eigenvalue weighted by Gasteiger charge is 2.53. The fourth-order valence-corrected chi connectivity index (χ4v) is 2.33. The van der Waals surface area contributed by atoms with Crippen LogP contribution in [0.5, 0.6) is 0 Å². The standard InChI is InChI=1S/C9H12F4N2O/c10-7(11)9(12,13)8(16)15-3-5-1-14-2-6(5)4-15/h5-7,14H,1-4H2. The van der Waals surface area contributed by atoms with Gasteiger partial charge in [-0.1, -0.05) is 0 Å². The molecular weight excluding hydrogens is 228 g/mol. The average Bonchev–Trinajstić information content (AvgIpc) is 2.74. The van der Waals surface area contributed by atoms with Crippen molar-refractivity contribution in [3.05, 3.63) is 0 Å². The third kappa shape index (κ3) is 1.77. The zero-order valence-electron chi connectivity index (χ0n) is 8.43. The highest BCUT2D eigenvalue weighted by molar-refractivity contribution is 5.84. The molecule has 0 aromatic rings. The number of fused-ring (bicyclic) bond motifs is 1. The number of nitrogens with zero attached hydrogens (tertiary/aromatic N) is 1. The van der Waals surface area contributed by atoms with E-state index in [9.17, 15) is 22.4 Å². The molecule has 1 N–H and O–H groups in total. The Kier molecular flexibility index (Phi) is 2.81. The zero-order chi connectivity index (χ0) is 11.9. The van der Waals surface area contributed by atoms with Crippen molar-refractivity contribution in [3.8, 4) is 0 Å². The maximum Gasteiger partial charge on any atom is 0.383 e. The molecule has 92 valence electrons. The first kappa shape index (κ1) is 11.6. The second-order valence-corrected chi connectivity index (χ2v) is 4.31. The molecule has 1 amide bonds. The van der Waals surface area contributed by atoms with E-state index in [1.165, 1.54) is 0 Å². The molecule has 0 aromatic heterocycles. The van der Waals surface area contributed by atoms with Gasteiger partial charge in [-0.25, -0.2) is 8.78 Å². The summed E-state index contributed by atoms with van der Waals surface area (Å²) in [5.74, 6) is -6.04. The Morgan fingerprint density at radius 1 is 1.25 bits per heavy atom. The molecular formula is C9H12F4N2O. The van der Waals surface area contributed by atoms with Crippen LogP contribution in [0.25, 0.3) is 0 Å². The van der Waals surface area contributed by atoms with Crippen molar-refractivity contribution in [2.24, 2.45) is 11.8 Å². The number of nitrogens with one attached hydrogen (secondary N) is 1. The smallest absolute Gasteiger partial charge is 0.337 e. The van der Waals surface area contributed by atoms with Crippen LogP contribution < -0.4 is 5.32 Å². The molecule has 0 bridgehead atoms. The van der Waals surface area contributed by atoms with Gasteiger partial charge in [-0.05, 0) is 11.8 Å². The topological polar surface area (TPSA) is 32.3 Å². The van der Waals surface area contributed by atoms with Gasteiger partial charge in [-0.15, -0.1) is 0 Å². The third-order valence-corrected chi connectivity index (χ3v) is 3.24. The van der Waals surface area contributed by atoms with Crippen molar-refractivity contribution in [3.63, 3.8) is 0 Å². The molecule has 7 heteroatoms. The molecule has 0 radical (unpaired) electrons. The first-order valence-corrected chi connectivity index (χ1v) is 5.09. The van der Waals surface area contributed by atoms with E-state index >= 15 is 0 Å². The number of carbonyl (C=O) groups excluding carboxylic acids is 1. The van der Waals surface area contributed by atoms with Crippen molar-refractivity contribution in [2.75, 3.05) is 26.2 Å². The van der Waals surface area contributed by atoms with E-state index in [4.69, 9.17) is 0 Å². The highest BCUT2D eigenvalue weighted by Crippen LogP contribution is 2.31. The molecule has 0 aromatic carbocycles. The first-order chi connectivity index (χ1) is 7.43. The van der Waals surface area contributed by atoms with Crippen molar-refractivity contribution in [1.29, 1.82) is 0 Å². The van der Waals surface area contributed by atoms with Gasteiger partial charge in [0.15, 0.2) is 0 Å². The lowest BCUT2D eigenvalue weighted by atomic mass is 10.0. The highest BCUT2D eigenvalue weighted by atomic mass is 19.3. The van der Waals surface area contributed by atoms with Crippen LogP contribution in [0.15, 0.2) is 0 Å². The van der Waals surface area contributed by atoms with Crippen LogP contribution in [0.4, 0.5) is 17.6 Å². The minimum absolute atomic E-state index is 0.123. The number of alkyl halides is 4. The van der Waals surface area contributed by atoms with E-state index in [1.54, 1.807) is 0 Å². The van der Waals surface area contributed by atoms with Crippen molar-refractivity contribution in [2.45, 2.75) is 12.3 Å². The Morgan fingerprint density at radius 2 is 1.75 bits per heavy atom. The number of halogens is 4. The minimum Gasteiger partial charge on any atom is -0.337 e. The number of likely N-dealkylation sites (tertiary alicyclic amines) is 1. The molecule has 3 nitrogen and oxygen atoms in total. The monoisotopic (exact) mass is 240 g/mol. The van der Waals surface area contributed by atoms with Gasteiger partial charge in [0.05, 0.1) is 0 Å². The maximum atomic E-state index is 12.8. The summed E-state index contributed by atoms with van der Waals surface area (Å²) >= 11 is 0. The summed E-state index contributed by atoms with van der Waals surface area (Å²) in [7, 11) is 0. The molecule has 2 rings (SSSR count). The Hall–Kier alpha value is -0.850. The molecule has 2 saturated heterocycles. The van der Waals surface area contributed by atoms with Crippen molar-refractivity contribution >= 4 is 5.91 Å². The van der Waals surface area contributed by atoms with E-state index in [0.717, 1.165) is 4.90 Å². The molecule has 2 fully saturated rings. The normalized spacial score (nSPS) is 29.9. The average molecular weight is 240 g/mol. The quantitative estimate of drug-likeness (QED) is 0.715. The van der Waals surface area contributed by atoms with E-state index in [-0.39, 0.29) is 24.9 Å². The summed E-state index contributed by atoms with van der Waals surface area (Å²) in [6, 6.07) is 0. The molecule has 0 aliphatic carbocycles. The number of hydrogen-bond acceptors (Lipinski definition) is 2. The molecule has 2 aliphatic heterocycles. The zero-order valence-corrected chi connectivity index (χ0v) is 8.43. The lowest BCUT2D eigenvalue weighted by Gasteiger charge is -2.23. The van der Waals surface area contributed by atoms with Gasteiger partial charge in [-0.3, -0.25) is 4.79 Å². The summed E-state index contributed by atoms with van der Waals surface area (Å²) < 4.78 is 49.6. The van der Waals surface area contributed by atoms with E-state index in [2.05, 4.69) is 5.32 Å². The van der Waals surface area contributed by atoms with Crippen molar-refractivity contribution in [1.82, 2.24) is 10.2 Å². The first-order valence-electron chi connectivity index (χ1n) is 5.09. The second-order valence-electron chi connectivity index (χ2n) is 4.31. The summed E-state index contributed by atoms with van der Waals surface area (Å²) in [5, 5.41) is 3.07. The number of carbonyl (C=O) groups is 1. The Bertz CT molecular complexity index is 285. The number of hydrogen-bond donors (Lipinski definition) is 1. The Balaban J connectivity index is 2.02. The second kappa shape index (κ2) is 3.87. The molecule has 16 heavy (non-hydrogen) atoms. The van der Waals surface area contributed by atoms with Gasteiger partial charge in [0.25, 0.3) is 5.91 Å². The van der Waals surface area contributed by atoms with Crippen LogP contribution >= 0.6 is 0 Å². The van der Waals surface area contributed by atoms with Crippen LogP contribution in [0.2, 0.25) is 0 Å². The lowest BCUT2D eigenvalue weighted by molar-refractivity contribution is -0.179. The lowest BCUT2D eigenvalue weighted by Crippen LogP contribution is -2.47. The van der Waals surface area contributed by atoms with Crippen LogP contribution in [0, 0.1) is 11.8 Å². The maximum absolute atomic E-state index is 12.8.